The van der Waals surface area contributed by atoms with Crippen molar-refractivity contribution in [1.29, 1.82) is 0 Å². The van der Waals surface area contributed by atoms with E-state index in [1.54, 1.807) is 0 Å². The van der Waals surface area contributed by atoms with Crippen LogP contribution in [0.4, 0.5) is 13.2 Å². The van der Waals surface area contributed by atoms with E-state index in [1.165, 1.54) is 23.1 Å². The molecule has 1 fully saturated rings. The first-order valence-electron chi connectivity index (χ1n) is 6.12. The number of carboxylic acid groups (broad SMARTS) is 1. The Morgan fingerprint density at radius 3 is 2.40 bits per heavy atom. The number of morpholine rings is 1. The molecule has 1 aliphatic rings. The Morgan fingerprint density at radius 2 is 1.85 bits per heavy atom. The lowest BCUT2D eigenvalue weighted by Crippen LogP contribution is -2.42. The van der Waals surface area contributed by atoms with Gasteiger partial charge in [-0.2, -0.15) is 13.2 Å². The van der Waals surface area contributed by atoms with Gasteiger partial charge in [0.1, 0.15) is 6.04 Å². The van der Waals surface area contributed by atoms with Crippen LogP contribution in [0, 0.1) is 0 Å². The van der Waals surface area contributed by atoms with E-state index in [0.29, 0.717) is 26.3 Å². The highest BCUT2D eigenvalue weighted by atomic mass is 19.4. The van der Waals surface area contributed by atoms with E-state index in [4.69, 9.17) is 4.74 Å². The van der Waals surface area contributed by atoms with E-state index in [2.05, 4.69) is 0 Å². The summed E-state index contributed by atoms with van der Waals surface area (Å²) in [6.07, 6.45) is -4.57. The molecule has 0 aliphatic carbocycles. The van der Waals surface area contributed by atoms with Crippen molar-refractivity contribution in [2.24, 2.45) is 0 Å². The average molecular weight is 289 g/mol. The molecule has 20 heavy (non-hydrogen) atoms. The maximum Gasteiger partial charge on any atom is 0.416 e. The summed E-state index contributed by atoms with van der Waals surface area (Å²) >= 11 is 0. The number of nitrogens with zero attached hydrogens (tertiary/aromatic N) is 1. The molecule has 1 aliphatic heterocycles. The molecule has 1 atom stereocenters. The number of carbonyl (C=O) groups is 1. The van der Waals surface area contributed by atoms with Crippen molar-refractivity contribution in [2.75, 3.05) is 26.3 Å². The van der Waals surface area contributed by atoms with Gasteiger partial charge in [0.15, 0.2) is 0 Å². The minimum atomic E-state index is -4.57. The van der Waals surface area contributed by atoms with Crippen molar-refractivity contribution < 1.29 is 27.8 Å². The van der Waals surface area contributed by atoms with Crippen molar-refractivity contribution in [2.45, 2.75) is 12.2 Å². The van der Waals surface area contributed by atoms with Crippen LogP contribution < -0.4 is 0 Å². The summed E-state index contributed by atoms with van der Waals surface area (Å²) in [5, 5.41) is 9.32. The third kappa shape index (κ3) is 3.10. The van der Waals surface area contributed by atoms with Crippen LogP contribution in [0.2, 0.25) is 0 Å². The number of ether oxygens (including phenoxy) is 1. The minimum Gasteiger partial charge on any atom is -0.480 e. The molecule has 0 amide bonds. The van der Waals surface area contributed by atoms with Crippen LogP contribution in [-0.4, -0.2) is 42.3 Å². The highest BCUT2D eigenvalue weighted by molar-refractivity contribution is 5.76. The molecule has 0 radical (unpaired) electrons. The van der Waals surface area contributed by atoms with E-state index < -0.39 is 23.8 Å². The summed E-state index contributed by atoms with van der Waals surface area (Å²) in [6, 6.07) is 3.49. The molecule has 0 spiro atoms. The molecular weight excluding hydrogens is 275 g/mol. The summed E-state index contributed by atoms with van der Waals surface area (Å²) in [5.74, 6) is -1.29. The third-order valence-corrected chi connectivity index (χ3v) is 3.21. The fourth-order valence-corrected chi connectivity index (χ4v) is 2.32. The van der Waals surface area contributed by atoms with Gasteiger partial charge in [0, 0.05) is 13.1 Å². The summed E-state index contributed by atoms with van der Waals surface area (Å²) in [6.45, 7) is 1.22. The Morgan fingerprint density at radius 1 is 1.25 bits per heavy atom. The zero-order valence-electron chi connectivity index (χ0n) is 10.6. The van der Waals surface area contributed by atoms with Gasteiger partial charge in [-0.15, -0.1) is 0 Å². The third-order valence-electron chi connectivity index (χ3n) is 3.21. The van der Waals surface area contributed by atoms with Crippen LogP contribution in [0.3, 0.4) is 0 Å². The van der Waals surface area contributed by atoms with E-state index in [1.807, 2.05) is 0 Å². The van der Waals surface area contributed by atoms with Crippen molar-refractivity contribution in [3.05, 3.63) is 35.4 Å². The summed E-state index contributed by atoms with van der Waals surface area (Å²) < 4.78 is 44.1. The van der Waals surface area contributed by atoms with Gasteiger partial charge in [0.05, 0.1) is 18.8 Å². The number of benzene rings is 1. The first-order valence-corrected chi connectivity index (χ1v) is 6.12. The van der Waals surface area contributed by atoms with E-state index >= 15 is 0 Å². The number of hydrogen-bond donors (Lipinski definition) is 1. The predicted octanol–water partition coefficient (Wildman–Crippen LogP) is 2.16. The number of carboxylic acids is 1. The van der Waals surface area contributed by atoms with Gasteiger partial charge in [-0.1, -0.05) is 18.2 Å². The number of halogens is 3. The molecule has 4 nitrogen and oxygen atoms in total. The molecule has 0 bridgehead atoms. The Hall–Kier alpha value is -1.60. The van der Waals surface area contributed by atoms with Gasteiger partial charge in [-0.3, -0.25) is 9.69 Å². The lowest BCUT2D eigenvalue weighted by molar-refractivity contribution is -0.147. The summed E-state index contributed by atoms with van der Waals surface area (Å²) in [4.78, 5) is 12.9. The largest absolute Gasteiger partial charge is 0.480 e. The van der Waals surface area contributed by atoms with Gasteiger partial charge in [0.25, 0.3) is 0 Å². The molecular formula is C13H14F3NO3. The zero-order chi connectivity index (χ0) is 14.8. The maximum atomic E-state index is 13.0. The molecule has 0 aromatic heterocycles. The van der Waals surface area contributed by atoms with Gasteiger partial charge in [0.2, 0.25) is 0 Å². The van der Waals surface area contributed by atoms with Crippen molar-refractivity contribution in [3.8, 4) is 0 Å². The molecule has 2 rings (SSSR count). The van der Waals surface area contributed by atoms with Gasteiger partial charge in [-0.05, 0) is 11.6 Å². The van der Waals surface area contributed by atoms with E-state index in [9.17, 15) is 23.1 Å². The van der Waals surface area contributed by atoms with Crippen molar-refractivity contribution in [3.63, 3.8) is 0 Å². The second-order valence-electron chi connectivity index (χ2n) is 4.47. The quantitative estimate of drug-likeness (QED) is 0.926. The maximum absolute atomic E-state index is 13.0. The Bertz CT molecular complexity index is 484. The summed E-state index contributed by atoms with van der Waals surface area (Å²) in [5.41, 5.74) is -1.13. The van der Waals surface area contributed by atoms with E-state index in [-0.39, 0.29) is 5.56 Å². The van der Waals surface area contributed by atoms with Crippen LogP contribution in [0.5, 0.6) is 0 Å². The monoisotopic (exact) mass is 289 g/mol. The smallest absolute Gasteiger partial charge is 0.416 e. The SMILES string of the molecule is O=C(O)[C@H](c1ccccc1C(F)(F)F)N1CCOCC1. The number of rotatable bonds is 3. The first-order chi connectivity index (χ1) is 9.41. The molecule has 7 heteroatoms. The fourth-order valence-electron chi connectivity index (χ4n) is 2.32. The highest BCUT2D eigenvalue weighted by Gasteiger charge is 2.39. The first kappa shape index (κ1) is 14.8. The molecule has 0 saturated carbocycles. The van der Waals surface area contributed by atoms with Gasteiger partial charge in [-0.25, -0.2) is 0 Å². The van der Waals surface area contributed by atoms with E-state index in [0.717, 1.165) is 6.07 Å². The second-order valence-corrected chi connectivity index (χ2v) is 4.47. The highest BCUT2D eigenvalue weighted by Crippen LogP contribution is 2.36. The van der Waals surface area contributed by atoms with Crippen LogP contribution in [0.1, 0.15) is 17.2 Å². The number of hydrogen-bond acceptors (Lipinski definition) is 3. The van der Waals surface area contributed by atoms with Gasteiger partial charge >= 0.3 is 12.1 Å². The molecule has 1 aromatic rings. The lowest BCUT2D eigenvalue weighted by Gasteiger charge is -2.33. The molecule has 110 valence electrons. The Kier molecular flexibility index (Phi) is 4.29. The Labute approximate surface area is 113 Å². The molecule has 1 aromatic carbocycles. The van der Waals surface area contributed by atoms with Crippen molar-refractivity contribution in [1.82, 2.24) is 4.90 Å². The number of aliphatic carboxylic acids is 1. The predicted molar refractivity (Wildman–Crippen MR) is 64.2 cm³/mol. The van der Waals surface area contributed by atoms with Crippen LogP contribution in [0.15, 0.2) is 24.3 Å². The topological polar surface area (TPSA) is 49.8 Å². The lowest BCUT2D eigenvalue weighted by atomic mass is 9.98. The normalized spacial score (nSPS) is 18.8. The number of alkyl halides is 3. The molecule has 1 saturated heterocycles. The Balaban J connectivity index is 2.42. The zero-order valence-corrected chi connectivity index (χ0v) is 10.6. The van der Waals surface area contributed by atoms with Crippen LogP contribution in [-0.2, 0) is 15.7 Å². The fraction of sp³-hybridized carbons (Fsp3) is 0.462. The summed E-state index contributed by atoms with van der Waals surface area (Å²) in [7, 11) is 0. The molecule has 1 heterocycles. The second kappa shape index (κ2) is 5.80. The standard InChI is InChI=1S/C13H14F3NO3/c14-13(15,16)10-4-2-1-3-9(10)11(12(18)19)17-5-7-20-8-6-17/h1-4,11H,5-8H2,(H,18,19)/t11-/m0/s1. The van der Waals surface area contributed by atoms with Crippen LogP contribution in [0.25, 0.3) is 0 Å². The molecule has 1 N–H and O–H groups in total. The van der Waals surface area contributed by atoms with Crippen molar-refractivity contribution >= 4 is 5.97 Å². The van der Waals surface area contributed by atoms with Gasteiger partial charge < -0.3 is 9.84 Å². The van der Waals surface area contributed by atoms with Crippen LogP contribution >= 0.6 is 0 Å². The average Bonchev–Trinajstić information content (AvgIpc) is 2.39. The minimum absolute atomic E-state index is 0.227. The molecule has 0 unspecified atom stereocenters.